The van der Waals surface area contributed by atoms with Crippen molar-refractivity contribution in [3.63, 3.8) is 0 Å². The smallest absolute Gasteiger partial charge is 0.211 e. The highest BCUT2D eigenvalue weighted by molar-refractivity contribution is 7.88. The lowest BCUT2D eigenvalue weighted by Gasteiger charge is -2.34. The number of ether oxygens (including phenoxy) is 2. The van der Waals surface area contributed by atoms with Crippen molar-refractivity contribution in [2.24, 2.45) is 0 Å². The summed E-state index contributed by atoms with van der Waals surface area (Å²) in [6, 6.07) is 15.5. The molecule has 3 aliphatic heterocycles. The fraction of sp³-hybridized carbons (Fsp3) is 0.500. The average molecular weight is 458 g/mol. The van der Waals surface area contributed by atoms with Gasteiger partial charge in [0.05, 0.1) is 6.26 Å². The number of rotatable bonds is 5. The van der Waals surface area contributed by atoms with E-state index in [1.807, 2.05) is 6.07 Å². The number of benzene rings is 2. The highest BCUT2D eigenvalue weighted by Gasteiger charge is 2.28. The zero-order chi connectivity index (χ0) is 22.1. The van der Waals surface area contributed by atoms with Crippen LogP contribution in [0.25, 0.3) is 0 Å². The monoisotopic (exact) mass is 457 g/mol. The van der Waals surface area contributed by atoms with Gasteiger partial charge in [0, 0.05) is 44.5 Å². The van der Waals surface area contributed by atoms with E-state index in [9.17, 15) is 8.42 Å². The SMILES string of the molecule is CS(=O)(=O)N1CCN(c2ccc(CN3CCC[C@H]3c3ccc4c(c3)OCCO4)cc2)CC1. The molecule has 32 heavy (non-hydrogen) atoms. The van der Waals surface area contributed by atoms with E-state index in [1.165, 1.54) is 23.8 Å². The van der Waals surface area contributed by atoms with Gasteiger partial charge < -0.3 is 14.4 Å². The van der Waals surface area contributed by atoms with Gasteiger partial charge in [-0.05, 0) is 54.8 Å². The Hall–Kier alpha value is -2.29. The highest BCUT2D eigenvalue weighted by atomic mass is 32.2. The second kappa shape index (κ2) is 8.92. The third kappa shape index (κ3) is 4.58. The molecule has 7 nitrogen and oxygen atoms in total. The van der Waals surface area contributed by atoms with Crippen molar-refractivity contribution >= 4 is 15.7 Å². The van der Waals surface area contributed by atoms with Crippen LogP contribution in [0.2, 0.25) is 0 Å². The molecule has 1 atom stereocenters. The molecular formula is C24H31N3O4S. The first kappa shape index (κ1) is 21.6. The summed E-state index contributed by atoms with van der Waals surface area (Å²) in [5, 5.41) is 0. The van der Waals surface area contributed by atoms with E-state index < -0.39 is 10.0 Å². The molecule has 0 bridgehead atoms. The molecule has 2 fully saturated rings. The van der Waals surface area contributed by atoms with Crippen LogP contribution < -0.4 is 14.4 Å². The Morgan fingerprint density at radius 3 is 2.34 bits per heavy atom. The lowest BCUT2D eigenvalue weighted by atomic mass is 10.0. The first-order chi connectivity index (χ1) is 15.5. The summed E-state index contributed by atoms with van der Waals surface area (Å²) in [6.45, 7) is 5.79. The maximum Gasteiger partial charge on any atom is 0.211 e. The summed E-state index contributed by atoms with van der Waals surface area (Å²) in [6.07, 6.45) is 3.64. The number of likely N-dealkylation sites (tertiary alicyclic amines) is 1. The first-order valence-corrected chi connectivity index (χ1v) is 13.2. The quantitative estimate of drug-likeness (QED) is 0.688. The van der Waals surface area contributed by atoms with Crippen molar-refractivity contribution in [1.82, 2.24) is 9.21 Å². The predicted molar refractivity (Wildman–Crippen MR) is 125 cm³/mol. The van der Waals surface area contributed by atoms with E-state index in [2.05, 4.69) is 46.2 Å². The van der Waals surface area contributed by atoms with Gasteiger partial charge in [0.1, 0.15) is 13.2 Å². The Labute approximate surface area is 190 Å². The Morgan fingerprint density at radius 2 is 1.62 bits per heavy atom. The molecule has 0 aromatic heterocycles. The summed E-state index contributed by atoms with van der Waals surface area (Å²) >= 11 is 0. The molecule has 0 amide bonds. The molecule has 0 N–H and O–H groups in total. The van der Waals surface area contributed by atoms with Crippen LogP contribution in [0.5, 0.6) is 11.5 Å². The molecule has 0 unspecified atom stereocenters. The summed E-state index contributed by atoms with van der Waals surface area (Å²) in [5.74, 6) is 1.71. The summed E-state index contributed by atoms with van der Waals surface area (Å²) in [5.41, 5.74) is 3.76. The van der Waals surface area contributed by atoms with E-state index in [0.717, 1.165) is 49.8 Å². The number of piperazine rings is 1. The minimum absolute atomic E-state index is 0.398. The molecule has 0 aliphatic carbocycles. The number of hydrogen-bond donors (Lipinski definition) is 0. The van der Waals surface area contributed by atoms with Crippen molar-refractivity contribution in [2.45, 2.75) is 25.4 Å². The number of nitrogens with zero attached hydrogens (tertiary/aromatic N) is 3. The van der Waals surface area contributed by atoms with E-state index in [4.69, 9.17) is 9.47 Å². The van der Waals surface area contributed by atoms with E-state index >= 15 is 0 Å². The Morgan fingerprint density at radius 1 is 0.906 bits per heavy atom. The standard InChI is InChI=1S/C24H31N3O4S/c1-32(28,29)27-13-11-25(12-14-27)21-7-4-19(5-8-21)18-26-10-2-3-22(26)20-6-9-23-24(17-20)31-16-15-30-23/h4-9,17,22H,2-3,10-16,18H2,1H3/t22-/m0/s1. The lowest BCUT2D eigenvalue weighted by molar-refractivity contribution is 0.170. The molecule has 8 heteroatoms. The van der Waals surface area contributed by atoms with Crippen molar-refractivity contribution < 1.29 is 17.9 Å². The van der Waals surface area contributed by atoms with Gasteiger partial charge in [-0.2, -0.15) is 4.31 Å². The van der Waals surface area contributed by atoms with Gasteiger partial charge in [0.2, 0.25) is 10.0 Å². The van der Waals surface area contributed by atoms with Crippen LogP contribution in [-0.4, -0.2) is 69.8 Å². The maximum absolute atomic E-state index is 11.7. The van der Waals surface area contributed by atoms with Crippen LogP contribution in [0, 0.1) is 0 Å². The molecule has 0 radical (unpaired) electrons. The molecule has 2 aromatic carbocycles. The van der Waals surface area contributed by atoms with Gasteiger partial charge >= 0.3 is 0 Å². The van der Waals surface area contributed by atoms with E-state index in [-0.39, 0.29) is 0 Å². The van der Waals surface area contributed by atoms with Gasteiger partial charge in [0.15, 0.2) is 11.5 Å². The maximum atomic E-state index is 11.7. The molecule has 5 rings (SSSR count). The van der Waals surface area contributed by atoms with Gasteiger partial charge in [-0.15, -0.1) is 0 Å². The number of hydrogen-bond acceptors (Lipinski definition) is 6. The average Bonchev–Trinajstić information content (AvgIpc) is 3.27. The minimum Gasteiger partial charge on any atom is -0.486 e. The third-order valence-electron chi connectivity index (χ3n) is 6.71. The fourth-order valence-corrected chi connectivity index (χ4v) is 5.81. The van der Waals surface area contributed by atoms with Crippen LogP contribution in [0.3, 0.4) is 0 Å². The zero-order valence-electron chi connectivity index (χ0n) is 18.6. The second-order valence-corrected chi connectivity index (χ2v) is 10.8. The Kier molecular flexibility index (Phi) is 6.01. The van der Waals surface area contributed by atoms with Gasteiger partial charge in [-0.3, -0.25) is 4.90 Å². The lowest BCUT2D eigenvalue weighted by Crippen LogP contribution is -2.48. The van der Waals surface area contributed by atoms with Crippen LogP contribution in [-0.2, 0) is 16.6 Å². The molecule has 172 valence electrons. The zero-order valence-corrected chi connectivity index (χ0v) is 19.4. The highest BCUT2D eigenvalue weighted by Crippen LogP contribution is 2.38. The predicted octanol–water partition coefficient (Wildman–Crippen LogP) is 2.88. The van der Waals surface area contributed by atoms with Crippen molar-refractivity contribution in [3.05, 3.63) is 53.6 Å². The van der Waals surface area contributed by atoms with Crippen LogP contribution in [0.4, 0.5) is 5.69 Å². The Bertz CT molecular complexity index is 1050. The number of sulfonamides is 1. The van der Waals surface area contributed by atoms with E-state index in [1.54, 1.807) is 4.31 Å². The molecule has 3 aliphatic rings. The topological polar surface area (TPSA) is 62.3 Å². The second-order valence-electron chi connectivity index (χ2n) is 8.85. The fourth-order valence-electron chi connectivity index (χ4n) is 4.98. The van der Waals surface area contributed by atoms with Crippen molar-refractivity contribution in [2.75, 3.05) is 57.1 Å². The number of fused-ring (bicyclic) bond motifs is 1. The minimum atomic E-state index is -3.10. The van der Waals surface area contributed by atoms with Gasteiger partial charge in [-0.25, -0.2) is 8.42 Å². The van der Waals surface area contributed by atoms with Crippen molar-refractivity contribution in [3.8, 4) is 11.5 Å². The summed E-state index contributed by atoms with van der Waals surface area (Å²) < 4.78 is 36.5. The number of anilines is 1. The van der Waals surface area contributed by atoms with Gasteiger partial charge in [0.25, 0.3) is 0 Å². The molecule has 2 aromatic rings. The Balaban J connectivity index is 1.23. The molecular weight excluding hydrogens is 426 g/mol. The normalized spacial score (nSPS) is 22.3. The van der Waals surface area contributed by atoms with Gasteiger partial charge in [-0.1, -0.05) is 18.2 Å². The molecule has 3 heterocycles. The summed E-state index contributed by atoms with van der Waals surface area (Å²) in [4.78, 5) is 4.81. The largest absolute Gasteiger partial charge is 0.486 e. The molecule has 0 saturated carbocycles. The van der Waals surface area contributed by atoms with Crippen LogP contribution in [0.15, 0.2) is 42.5 Å². The molecule has 0 spiro atoms. The summed E-state index contributed by atoms with van der Waals surface area (Å²) in [7, 11) is -3.10. The molecule has 2 saturated heterocycles. The van der Waals surface area contributed by atoms with Crippen LogP contribution >= 0.6 is 0 Å². The van der Waals surface area contributed by atoms with E-state index in [0.29, 0.717) is 32.3 Å². The third-order valence-corrected chi connectivity index (χ3v) is 8.01. The van der Waals surface area contributed by atoms with Crippen LogP contribution in [0.1, 0.15) is 30.0 Å². The first-order valence-electron chi connectivity index (χ1n) is 11.4. The van der Waals surface area contributed by atoms with Crippen molar-refractivity contribution in [1.29, 1.82) is 0 Å².